The topological polar surface area (TPSA) is 101 Å². The fraction of sp³-hybridized carbons (Fsp3) is 0.447. The van der Waals surface area contributed by atoms with Crippen LogP contribution in [0.2, 0.25) is 0 Å². The Labute approximate surface area is 329 Å². The molecule has 9 nitrogen and oxygen atoms in total. The van der Waals surface area contributed by atoms with E-state index in [-0.39, 0.29) is 47.4 Å². The van der Waals surface area contributed by atoms with Crippen molar-refractivity contribution >= 4 is 23.6 Å². The fourth-order valence-electron chi connectivity index (χ4n) is 11.2. The van der Waals surface area contributed by atoms with E-state index < -0.39 is 29.6 Å². The maximum absolute atomic E-state index is 14.8. The summed E-state index contributed by atoms with van der Waals surface area (Å²) in [4.78, 5) is 66.3. The lowest BCUT2D eigenvalue weighted by Crippen LogP contribution is -2.48. The Hall–Kier alpha value is -4.86. The van der Waals surface area contributed by atoms with Gasteiger partial charge < -0.3 is 5.11 Å². The molecule has 9 heteroatoms. The highest BCUT2D eigenvalue weighted by atomic mass is 16.3. The van der Waals surface area contributed by atoms with Crippen molar-refractivity contribution in [3.8, 4) is 5.75 Å². The minimum absolute atomic E-state index is 0.0935. The third kappa shape index (κ3) is 6.42. The van der Waals surface area contributed by atoms with E-state index in [9.17, 15) is 24.3 Å². The van der Waals surface area contributed by atoms with Gasteiger partial charge >= 0.3 is 0 Å². The van der Waals surface area contributed by atoms with Crippen LogP contribution in [0.4, 0.5) is 0 Å². The van der Waals surface area contributed by atoms with E-state index in [1.54, 1.807) is 15.9 Å². The number of hydrogen-bond acceptors (Lipinski definition) is 7. The van der Waals surface area contributed by atoms with Gasteiger partial charge in [0.25, 0.3) is 0 Å². The maximum Gasteiger partial charge on any atom is 0.234 e. The second-order valence-electron chi connectivity index (χ2n) is 17.0. The summed E-state index contributed by atoms with van der Waals surface area (Å²) in [6.07, 6.45) is 7.95. The first-order valence-electron chi connectivity index (χ1n) is 20.7. The van der Waals surface area contributed by atoms with E-state index in [4.69, 9.17) is 0 Å². The first kappa shape index (κ1) is 36.8. The molecule has 4 amide bonds. The molecule has 0 spiro atoms. The van der Waals surface area contributed by atoms with E-state index in [2.05, 4.69) is 46.7 Å². The summed E-state index contributed by atoms with van der Waals surface area (Å²) in [6, 6.07) is 26.0. The molecule has 2 aliphatic carbocycles. The van der Waals surface area contributed by atoms with Crippen LogP contribution in [0.25, 0.3) is 0 Å². The number of amides is 4. The number of allylic oxidation sites excluding steroid dienone is 3. The summed E-state index contributed by atoms with van der Waals surface area (Å²) in [5, 5.41) is 11.8. The molecular formula is C47H52N4O5. The van der Waals surface area contributed by atoms with E-state index >= 15 is 0 Å². The van der Waals surface area contributed by atoms with Gasteiger partial charge in [-0.25, -0.2) is 0 Å². The van der Waals surface area contributed by atoms with Crippen molar-refractivity contribution in [3.05, 3.63) is 125 Å². The standard InChI is InChI=1S/C47H52N4O5/c1-2-10-32-15-9-16-36(43(32)52)40-35-17-18-37-41(46(55)50(44(37)53)33-19-23-48(24-20-33)28-30-11-5-3-6-12-30)38(35)27-39-42(40)47(56)51(45(39)54)34-21-25-49(26-22-34)29-31-13-7-4-8-14-31/h2-9,11-17,33-34,37-42,52H,1,10,18-29H2/t37-,38+,39+,40+,41-,42+/m0/s1. The highest BCUT2D eigenvalue weighted by Crippen LogP contribution is 2.59. The highest BCUT2D eigenvalue weighted by molar-refractivity contribution is 6.08. The molecule has 4 aliphatic heterocycles. The van der Waals surface area contributed by atoms with Crippen molar-refractivity contribution in [2.75, 3.05) is 26.2 Å². The summed E-state index contributed by atoms with van der Waals surface area (Å²) in [5.74, 6) is -3.73. The molecule has 9 rings (SSSR count). The smallest absolute Gasteiger partial charge is 0.234 e. The van der Waals surface area contributed by atoms with Crippen LogP contribution in [0.3, 0.4) is 0 Å². The molecule has 56 heavy (non-hydrogen) atoms. The number of carbonyl (C=O) groups is 4. The predicted octanol–water partition coefficient (Wildman–Crippen LogP) is 6.09. The van der Waals surface area contributed by atoms with Gasteiger partial charge in [-0.15, -0.1) is 6.58 Å². The van der Waals surface area contributed by atoms with Crippen LogP contribution in [0.5, 0.6) is 5.75 Å². The van der Waals surface area contributed by atoms with Gasteiger partial charge in [0.1, 0.15) is 5.75 Å². The van der Waals surface area contributed by atoms with Crippen molar-refractivity contribution in [1.29, 1.82) is 0 Å². The lowest BCUT2D eigenvalue weighted by Gasteiger charge is -2.44. The molecule has 6 aliphatic rings. The molecule has 0 bridgehead atoms. The number of imide groups is 2. The van der Waals surface area contributed by atoms with Gasteiger partial charge in [0.2, 0.25) is 23.6 Å². The molecule has 4 heterocycles. The number of carbonyl (C=O) groups excluding carboxylic acids is 4. The van der Waals surface area contributed by atoms with Gasteiger partial charge in [0.05, 0.1) is 23.7 Å². The zero-order chi connectivity index (χ0) is 38.5. The van der Waals surface area contributed by atoms with Crippen LogP contribution in [0.1, 0.15) is 66.7 Å². The third-order valence-electron chi connectivity index (χ3n) is 13.9. The number of aromatic hydroxyl groups is 1. The van der Waals surface area contributed by atoms with E-state index in [0.29, 0.717) is 43.2 Å². The zero-order valence-electron chi connectivity index (χ0n) is 32.0. The van der Waals surface area contributed by atoms with E-state index in [1.165, 1.54) is 11.1 Å². The molecule has 1 N–H and O–H groups in total. The Morgan fingerprint density at radius 3 is 1.71 bits per heavy atom. The molecule has 0 unspecified atom stereocenters. The summed E-state index contributed by atoms with van der Waals surface area (Å²) < 4.78 is 0. The fourth-order valence-corrected chi connectivity index (χ4v) is 11.2. The monoisotopic (exact) mass is 752 g/mol. The normalized spacial score (nSPS) is 29.0. The van der Waals surface area contributed by atoms with Crippen molar-refractivity contribution in [3.63, 3.8) is 0 Å². The van der Waals surface area contributed by atoms with Gasteiger partial charge in [-0.3, -0.25) is 38.8 Å². The van der Waals surface area contributed by atoms with Crippen LogP contribution in [0, 0.1) is 29.6 Å². The molecule has 0 aromatic heterocycles. The Kier molecular flexibility index (Phi) is 10.0. The number of piperidine rings is 2. The van der Waals surface area contributed by atoms with Crippen molar-refractivity contribution in [2.24, 2.45) is 29.6 Å². The average Bonchev–Trinajstić information content (AvgIpc) is 3.63. The number of nitrogens with zero attached hydrogens (tertiary/aromatic N) is 4. The van der Waals surface area contributed by atoms with Gasteiger partial charge in [-0.05, 0) is 67.6 Å². The van der Waals surface area contributed by atoms with Crippen molar-refractivity contribution in [2.45, 2.75) is 76.0 Å². The minimum atomic E-state index is -0.675. The van der Waals surface area contributed by atoms with E-state index in [0.717, 1.165) is 57.7 Å². The van der Waals surface area contributed by atoms with Crippen molar-refractivity contribution in [1.82, 2.24) is 19.6 Å². The first-order valence-corrected chi connectivity index (χ1v) is 20.7. The number of likely N-dealkylation sites (tertiary alicyclic amines) is 4. The molecule has 1 saturated carbocycles. The second-order valence-corrected chi connectivity index (χ2v) is 17.0. The molecular weight excluding hydrogens is 701 g/mol. The van der Waals surface area contributed by atoms with Gasteiger partial charge in [0.15, 0.2) is 0 Å². The molecule has 4 saturated heterocycles. The predicted molar refractivity (Wildman–Crippen MR) is 213 cm³/mol. The number of benzene rings is 3. The average molecular weight is 753 g/mol. The number of rotatable bonds is 9. The Morgan fingerprint density at radius 1 is 0.625 bits per heavy atom. The number of hydrogen-bond donors (Lipinski definition) is 1. The molecule has 3 aromatic rings. The zero-order valence-corrected chi connectivity index (χ0v) is 32.0. The number of para-hydroxylation sites is 1. The van der Waals surface area contributed by atoms with Crippen LogP contribution >= 0.6 is 0 Å². The summed E-state index contributed by atoms with van der Waals surface area (Å²) >= 11 is 0. The lowest BCUT2D eigenvalue weighted by molar-refractivity contribution is -0.146. The SMILES string of the molecule is C=CCc1cccc([C@H]2C3=CC[C@@H]4C(=O)N(C5CCN(Cc6ccccc6)CC5)C(=O)[C@@H]4[C@@H]3C[C@H]3C(=O)N(C4CCN(Cc5ccccc5)CC4)C(=O)[C@@H]23)c1O. The lowest BCUT2D eigenvalue weighted by atomic mass is 9.57. The van der Waals surface area contributed by atoms with Crippen LogP contribution < -0.4 is 0 Å². The third-order valence-corrected chi connectivity index (χ3v) is 13.9. The molecule has 6 atom stereocenters. The molecule has 0 radical (unpaired) electrons. The quantitative estimate of drug-likeness (QED) is 0.209. The Bertz CT molecular complexity index is 2030. The molecule has 5 fully saturated rings. The summed E-state index contributed by atoms with van der Waals surface area (Å²) in [5.41, 5.74) is 4.76. The number of phenolic OH excluding ortho intramolecular Hbond substituents is 1. The molecule has 3 aromatic carbocycles. The summed E-state index contributed by atoms with van der Waals surface area (Å²) in [7, 11) is 0. The Balaban J connectivity index is 0.985. The Morgan fingerprint density at radius 2 is 1.16 bits per heavy atom. The largest absolute Gasteiger partial charge is 0.507 e. The summed E-state index contributed by atoms with van der Waals surface area (Å²) in [6.45, 7) is 8.75. The van der Waals surface area contributed by atoms with Gasteiger partial charge in [0, 0.05) is 62.8 Å². The highest BCUT2D eigenvalue weighted by Gasteiger charge is 2.63. The number of fused-ring (bicyclic) bond motifs is 4. The molecule has 290 valence electrons. The van der Waals surface area contributed by atoms with Gasteiger partial charge in [-0.1, -0.05) is 96.6 Å². The number of phenols is 1. The maximum atomic E-state index is 14.8. The van der Waals surface area contributed by atoms with Crippen LogP contribution in [-0.2, 0) is 38.7 Å². The van der Waals surface area contributed by atoms with Crippen LogP contribution in [0.15, 0.2) is 103 Å². The first-order chi connectivity index (χ1) is 27.3. The van der Waals surface area contributed by atoms with Crippen LogP contribution in [-0.4, -0.2) is 86.6 Å². The van der Waals surface area contributed by atoms with E-state index in [1.807, 2.05) is 54.6 Å². The van der Waals surface area contributed by atoms with Gasteiger partial charge in [-0.2, -0.15) is 0 Å². The van der Waals surface area contributed by atoms with Crippen molar-refractivity contribution < 1.29 is 24.3 Å². The minimum Gasteiger partial charge on any atom is -0.507 e. The second kappa shape index (κ2) is 15.2.